The van der Waals surface area contributed by atoms with Crippen LogP contribution in [-0.4, -0.2) is 51.2 Å². The zero-order chi connectivity index (χ0) is 24.5. The molecule has 0 aliphatic carbocycles. The van der Waals surface area contributed by atoms with Crippen LogP contribution < -0.4 is 15.3 Å². The van der Waals surface area contributed by atoms with Crippen LogP contribution in [0.2, 0.25) is 0 Å². The van der Waals surface area contributed by atoms with Crippen LogP contribution in [0, 0.1) is 5.82 Å². The third-order valence-corrected chi connectivity index (χ3v) is 8.08. The Kier molecular flexibility index (Phi) is 6.79. The minimum absolute atomic E-state index is 0.159. The first-order chi connectivity index (χ1) is 16.1. The van der Waals surface area contributed by atoms with Crippen LogP contribution in [0.25, 0.3) is 0 Å². The van der Waals surface area contributed by atoms with Gasteiger partial charge in [-0.15, -0.1) is 4.48 Å². The smallest absolute Gasteiger partial charge is 0.299 e. The molecule has 0 aromatic heterocycles. The van der Waals surface area contributed by atoms with Gasteiger partial charge in [0.25, 0.3) is 6.02 Å². The SMILES string of the molecule is C[C@H](N=C1NS(=O)(=O)C(c2ccc(N3CCN(NF)CC3)cc2)C(C)(C)O1)c1ccccc1F. The van der Waals surface area contributed by atoms with E-state index in [9.17, 15) is 17.3 Å². The number of sulfonamides is 1. The van der Waals surface area contributed by atoms with Gasteiger partial charge in [0.05, 0.1) is 6.04 Å². The third-order valence-electron chi connectivity index (χ3n) is 6.16. The maximum absolute atomic E-state index is 14.1. The number of ether oxygens (including phenoxy) is 1. The summed E-state index contributed by atoms with van der Waals surface area (Å²) in [5.74, 6) is -0.419. The van der Waals surface area contributed by atoms with Crippen molar-refractivity contribution < 1.29 is 22.0 Å². The van der Waals surface area contributed by atoms with E-state index in [0.29, 0.717) is 37.3 Å². The van der Waals surface area contributed by atoms with Crippen molar-refractivity contribution in [1.29, 1.82) is 0 Å². The molecule has 11 heteroatoms. The Hall–Kier alpha value is -2.76. The van der Waals surface area contributed by atoms with Gasteiger partial charge in [0.1, 0.15) is 16.7 Å². The number of nitrogens with zero attached hydrogens (tertiary/aromatic N) is 3. The second-order valence-electron chi connectivity index (χ2n) is 9.01. The van der Waals surface area contributed by atoms with E-state index in [-0.39, 0.29) is 6.02 Å². The van der Waals surface area contributed by atoms with Crippen LogP contribution in [0.15, 0.2) is 53.5 Å². The summed E-state index contributed by atoms with van der Waals surface area (Å²) in [6.07, 6.45) is 0. The number of aliphatic imine (C=N–C) groups is 1. The monoisotopic (exact) mass is 493 g/mol. The Bertz CT molecular complexity index is 1150. The van der Waals surface area contributed by atoms with Crippen molar-refractivity contribution in [2.75, 3.05) is 31.1 Å². The van der Waals surface area contributed by atoms with Crippen LogP contribution in [0.4, 0.5) is 14.6 Å². The van der Waals surface area contributed by atoms with Crippen molar-refractivity contribution >= 4 is 21.7 Å². The van der Waals surface area contributed by atoms with Crippen molar-refractivity contribution in [2.24, 2.45) is 4.99 Å². The maximum atomic E-state index is 14.1. The van der Waals surface area contributed by atoms with E-state index in [4.69, 9.17) is 4.74 Å². The zero-order valence-corrected chi connectivity index (χ0v) is 20.1. The lowest BCUT2D eigenvalue weighted by Crippen LogP contribution is -2.53. The number of rotatable bonds is 5. The summed E-state index contributed by atoms with van der Waals surface area (Å²) in [5, 5.41) is 0.515. The molecule has 2 N–H and O–H groups in total. The third kappa shape index (κ3) is 5.01. The summed E-state index contributed by atoms with van der Waals surface area (Å²) < 4.78 is 61.6. The van der Waals surface area contributed by atoms with E-state index in [1.54, 1.807) is 56.8 Å². The predicted molar refractivity (Wildman–Crippen MR) is 127 cm³/mol. The molecule has 2 fully saturated rings. The lowest BCUT2D eigenvalue weighted by atomic mass is 9.97. The second kappa shape index (κ2) is 9.47. The number of halogens is 2. The van der Waals surface area contributed by atoms with Crippen molar-refractivity contribution in [3.05, 3.63) is 65.5 Å². The molecule has 0 amide bonds. The van der Waals surface area contributed by atoms with E-state index < -0.39 is 32.7 Å². The number of amidine groups is 1. The zero-order valence-electron chi connectivity index (χ0n) is 19.3. The highest BCUT2D eigenvalue weighted by molar-refractivity contribution is 7.90. The molecule has 4 rings (SSSR count). The van der Waals surface area contributed by atoms with Gasteiger partial charge < -0.3 is 9.64 Å². The maximum Gasteiger partial charge on any atom is 0.299 e. The fraction of sp³-hybridized carbons (Fsp3) is 0.435. The number of benzene rings is 2. The Labute approximate surface area is 198 Å². The molecule has 2 aromatic carbocycles. The van der Waals surface area contributed by atoms with E-state index in [0.717, 1.165) is 5.69 Å². The molecule has 2 heterocycles. The standard InChI is InChI=1S/C23H29F2N5O3S/c1-16(19-6-4-5-7-20(19)24)26-22-27-34(31,32)21(23(2,3)33-22)17-8-10-18(11-9-17)29-12-14-30(28-25)15-13-29/h4-11,16,21,28H,12-15H2,1-3H3,(H,26,27)/t16-,21?/m0/s1. The molecule has 2 saturated heterocycles. The topological polar surface area (TPSA) is 86.3 Å². The van der Waals surface area contributed by atoms with Crippen LogP contribution in [0.1, 0.15) is 43.2 Å². The van der Waals surface area contributed by atoms with Gasteiger partial charge in [-0.25, -0.2) is 27.5 Å². The Morgan fingerprint density at radius 1 is 1.12 bits per heavy atom. The normalized spacial score (nSPS) is 24.3. The van der Waals surface area contributed by atoms with Crippen molar-refractivity contribution in [3.8, 4) is 0 Å². The first kappa shape index (κ1) is 24.4. The van der Waals surface area contributed by atoms with Gasteiger partial charge in [-0.3, -0.25) is 0 Å². The van der Waals surface area contributed by atoms with Gasteiger partial charge in [-0.1, -0.05) is 36.0 Å². The summed E-state index contributed by atoms with van der Waals surface area (Å²) >= 11 is 0. The molecule has 8 nitrogen and oxygen atoms in total. The molecule has 1 unspecified atom stereocenters. The van der Waals surface area contributed by atoms with Crippen LogP contribution in [0.3, 0.4) is 0 Å². The Morgan fingerprint density at radius 2 is 1.76 bits per heavy atom. The van der Waals surface area contributed by atoms with E-state index in [2.05, 4.69) is 14.6 Å². The van der Waals surface area contributed by atoms with Crippen LogP contribution in [-0.2, 0) is 14.8 Å². The number of anilines is 1. The molecular formula is C23H29F2N5O3S. The van der Waals surface area contributed by atoms with Gasteiger partial charge >= 0.3 is 0 Å². The molecule has 2 aliphatic rings. The van der Waals surface area contributed by atoms with Crippen molar-refractivity contribution in [2.45, 2.75) is 37.7 Å². The highest BCUT2D eigenvalue weighted by Gasteiger charge is 2.48. The number of hydrogen-bond acceptors (Lipinski definition) is 7. The molecule has 34 heavy (non-hydrogen) atoms. The largest absolute Gasteiger partial charge is 0.457 e. The number of hydrogen-bond donors (Lipinski definition) is 2. The van der Waals surface area contributed by atoms with Gasteiger partial charge in [0.15, 0.2) is 0 Å². The van der Waals surface area contributed by atoms with Crippen LogP contribution in [0.5, 0.6) is 0 Å². The summed E-state index contributed by atoms with van der Waals surface area (Å²) in [6.45, 7) is 7.42. The molecule has 184 valence electrons. The lowest BCUT2D eigenvalue weighted by Gasteiger charge is -2.39. The van der Waals surface area contributed by atoms with E-state index in [1.807, 2.05) is 12.1 Å². The lowest BCUT2D eigenvalue weighted by molar-refractivity contribution is 0.0580. The molecule has 2 aliphatic heterocycles. The highest BCUT2D eigenvalue weighted by atomic mass is 32.2. The minimum atomic E-state index is -3.89. The Morgan fingerprint density at radius 3 is 2.35 bits per heavy atom. The van der Waals surface area contributed by atoms with Gasteiger partial charge in [-0.05, 0) is 44.5 Å². The number of piperazine rings is 1. The fourth-order valence-electron chi connectivity index (χ4n) is 4.48. The molecule has 0 saturated carbocycles. The fourth-order valence-corrected chi connectivity index (χ4v) is 6.25. The average Bonchev–Trinajstić information content (AvgIpc) is 2.78. The number of nitrogens with one attached hydrogen (secondary N) is 2. The van der Waals surface area contributed by atoms with E-state index in [1.165, 1.54) is 11.1 Å². The minimum Gasteiger partial charge on any atom is -0.457 e. The van der Waals surface area contributed by atoms with Crippen molar-refractivity contribution in [3.63, 3.8) is 0 Å². The summed E-state index contributed by atoms with van der Waals surface area (Å²) in [4.78, 5) is 6.41. The highest BCUT2D eigenvalue weighted by Crippen LogP contribution is 2.39. The Balaban J connectivity index is 1.53. The predicted octanol–water partition coefficient (Wildman–Crippen LogP) is 3.22. The molecule has 0 bridgehead atoms. The molecule has 0 spiro atoms. The van der Waals surface area contributed by atoms with Gasteiger partial charge in [0.2, 0.25) is 10.0 Å². The molecule has 2 atom stereocenters. The van der Waals surface area contributed by atoms with Gasteiger partial charge in [0, 0.05) is 37.4 Å². The molecular weight excluding hydrogens is 464 g/mol. The second-order valence-corrected chi connectivity index (χ2v) is 10.8. The summed E-state index contributed by atoms with van der Waals surface area (Å²) in [5.41, 5.74) is 2.39. The van der Waals surface area contributed by atoms with Gasteiger partial charge in [-0.2, -0.15) is 0 Å². The summed E-state index contributed by atoms with van der Waals surface area (Å²) in [6, 6.07) is 12.7. The number of hydrazine groups is 1. The molecule has 2 aromatic rings. The van der Waals surface area contributed by atoms with Crippen LogP contribution >= 0.6 is 0 Å². The first-order valence-corrected chi connectivity index (χ1v) is 12.6. The quantitative estimate of drug-likeness (QED) is 0.622. The van der Waals surface area contributed by atoms with E-state index >= 15 is 0 Å². The van der Waals surface area contributed by atoms with Crippen molar-refractivity contribution in [1.82, 2.24) is 15.4 Å². The molecule has 0 radical (unpaired) electrons. The average molecular weight is 494 g/mol. The first-order valence-electron chi connectivity index (χ1n) is 11.1. The summed E-state index contributed by atoms with van der Waals surface area (Å²) in [7, 11) is -3.89.